The molecular formula is C13H22N2O. The Kier molecular flexibility index (Phi) is 5.29. The summed E-state index contributed by atoms with van der Waals surface area (Å²) < 4.78 is 5.57. The van der Waals surface area contributed by atoms with Crippen LogP contribution in [0.25, 0.3) is 0 Å². The van der Waals surface area contributed by atoms with Gasteiger partial charge in [-0.3, -0.25) is 0 Å². The fraction of sp³-hybridized carbons (Fsp3) is 0.538. The summed E-state index contributed by atoms with van der Waals surface area (Å²) >= 11 is 0. The molecule has 4 N–H and O–H groups in total. The monoisotopic (exact) mass is 222 g/mol. The van der Waals surface area contributed by atoms with E-state index in [2.05, 4.69) is 0 Å². The average molecular weight is 222 g/mol. The second-order valence-corrected chi connectivity index (χ2v) is 4.27. The number of benzene rings is 1. The van der Waals surface area contributed by atoms with Gasteiger partial charge in [0.15, 0.2) is 0 Å². The van der Waals surface area contributed by atoms with Crippen LogP contribution in [0, 0.1) is 0 Å². The van der Waals surface area contributed by atoms with E-state index in [0.717, 1.165) is 24.2 Å². The van der Waals surface area contributed by atoms with Crippen LogP contribution in [0.1, 0.15) is 38.3 Å². The van der Waals surface area contributed by atoms with Gasteiger partial charge < -0.3 is 16.2 Å². The van der Waals surface area contributed by atoms with E-state index < -0.39 is 0 Å². The van der Waals surface area contributed by atoms with Crippen LogP contribution in [0.4, 0.5) is 0 Å². The van der Waals surface area contributed by atoms with Crippen molar-refractivity contribution in [1.82, 2.24) is 0 Å². The molecular weight excluding hydrogens is 200 g/mol. The summed E-state index contributed by atoms with van der Waals surface area (Å²) in [5.41, 5.74) is 12.6. The summed E-state index contributed by atoms with van der Waals surface area (Å²) in [6.45, 7) is 4.73. The molecule has 16 heavy (non-hydrogen) atoms. The SMILES string of the molecule is CC(C)Oc1ccc([C@H](N)CCCN)cc1. The second kappa shape index (κ2) is 6.51. The van der Waals surface area contributed by atoms with Gasteiger partial charge in [-0.15, -0.1) is 0 Å². The zero-order valence-corrected chi connectivity index (χ0v) is 10.1. The van der Waals surface area contributed by atoms with Crippen molar-refractivity contribution in [3.05, 3.63) is 29.8 Å². The second-order valence-electron chi connectivity index (χ2n) is 4.27. The predicted octanol–water partition coefficient (Wildman–Crippen LogP) is 2.21. The Bertz CT molecular complexity index is 295. The number of hydrogen-bond donors (Lipinski definition) is 2. The minimum Gasteiger partial charge on any atom is -0.491 e. The largest absolute Gasteiger partial charge is 0.491 e. The number of hydrogen-bond acceptors (Lipinski definition) is 3. The van der Waals surface area contributed by atoms with E-state index in [1.54, 1.807) is 0 Å². The van der Waals surface area contributed by atoms with Gasteiger partial charge in [-0.05, 0) is 50.9 Å². The van der Waals surface area contributed by atoms with Crippen LogP contribution < -0.4 is 16.2 Å². The van der Waals surface area contributed by atoms with Crippen molar-refractivity contribution < 1.29 is 4.74 Å². The minimum atomic E-state index is 0.0802. The molecule has 1 aromatic rings. The third kappa shape index (κ3) is 4.21. The maximum atomic E-state index is 6.04. The number of rotatable bonds is 6. The van der Waals surface area contributed by atoms with Gasteiger partial charge in [0.25, 0.3) is 0 Å². The lowest BCUT2D eigenvalue weighted by atomic mass is 10.0. The Balaban J connectivity index is 2.56. The average Bonchev–Trinajstić information content (AvgIpc) is 2.26. The molecule has 0 aromatic heterocycles. The fourth-order valence-corrected chi connectivity index (χ4v) is 1.57. The summed E-state index contributed by atoms with van der Waals surface area (Å²) in [5.74, 6) is 0.893. The Morgan fingerprint density at radius 2 is 1.81 bits per heavy atom. The fourth-order valence-electron chi connectivity index (χ4n) is 1.57. The van der Waals surface area contributed by atoms with Gasteiger partial charge in [-0.1, -0.05) is 12.1 Å². The van der Waals surface area contributed by atoms with E-state index in [-0.39, 0.29) is 12.1 Å². The number of nitrogens with two attached hydrogens (primary N) is 2. The van der Waals surface area contributed by atoms with Gasteiger partial charge in [0.2, 0.25) is 0 Å². The maximum Gasteiger partial charge on any atom is 0.119 e. The highest BCUT2D eigenvalue weighted by atomic mass is 16.5. The van der Waals surface area contributed by atoms with Crippen LogP contribution in [0.5, 0.6) is 5.75 Å². The minimum absolute atomic E-state index is 0.0802. The first-order chi connectivity index (χ1) is 7.63. The summed E-state index contributed by atoms with van der Waals surface area (Å²) in [5, 5.41) is 0. The molecule has 0 bridgehead atoms. The van der Waals surface area contributed by atoms with Crippen molar-refractivity contribution in [3.8, 4) is 5.75 Å². The molecule has 0 spiro atoms. The Morgan fingerprint density at radius 3 is 2.31 bits per heavy atom. The quantitative estimate of drug-likeness (QED) is 0.775. The Labute approximate surface area is 97.8 Å². The molecule has 0 saturated heterocycles. The lowest BCUT2D eigenvalue weighted by molar-refractivity contribution is 0.242. The van der Waals surface area contributed by atoms with Gasteiger partial charge in [-0.25, -0.2) is 0 Å². The van der Waals surface area contributed by atoms with Crippen molar-refractivity contribution in [2.75, 3.05) is 6.54 Å². The van der Waals surface area contributed by atoms with Crippen LogP contribution in [-0.4, -0.2) is 12.6 Å². The lowest BCUT2D eigenvalue weighted by Crippen LogP contribution is -2.12. The van der Waals surface area contributed by atoms with E-state index in [1.165, 1.54) is 0 Å². The Hall–Kier alpha value is -1.06. The van der Waals surface area contributed by atoms with Gasteiger partial charge in [0.05, 0.1) is 6.10 Å². The topological polar surface area (TPSA) is 61.3 Å². The molecule has 90 valence electrons. The van der Waals surface area contributed by atoms with E-state index >= 15 is 0 Å². The molecule has 0 aliphatic rings. The summed E-state index contributed by atoms with van der Waals surface area (Å²) in [4.78, 5) is 0. The first kappa shape index (κ1) is 13.0. The third-order valence-electron chi connectivity index (χ3n) is 2.40. The lowest BCUT2D eigenvalue weighted by Gasteiger charge is -2.13. The van der Waals surface area contributed by atoms with Gasteiger partial charge in [-0.2, -0.15) is 0 Å². The standard InChI is InChI=1S/C13H22N2O/c1-10(2)16-12-7-5-11(6-8-12)13(15)4-3-9-14/h5-8,10,13H,3-4,9,14-15H2,1-2H3/t13-/m1/s1. The van der Waals surface area contributed by atoms with Crippen molar-refractivity contribution in [1.29, 1.82) is 0 Å². The molecule has 0 radical (unpaired) electrons. The normalized spacial score (nSPS) is 12.8. The van der Waals surface area contributed by atoms with E-state index in [1.807, 2.05) is 38.1 Å². The van der Waals surface area contributed by atoms with E-state index in [0.29, 0.717) is 6.54 Å². The van der Waals surface area contributed by atoms with Crippen molar-refractivity contribution in [2.24, 2.45) is 11.5 Å². The molecule has 0 aliphatic heterocycles. The predicted molar refractivity (Wildman–Crippen MR) is 67.4 cm³/mol. The van der Waals surface area contributed by atoms with Crippen LogP contribution in [0.2, 0.25) is 0 Å². The highest BCUT2D eigenvalue weighted by Gasteiger charge is 2.05. The van der Waals surface area contributed by atoms with E-state index in [9.17, 15) is 0 Å². The summed E-state index contributed by atoms with van der Waals surface area (Å²) in [6.07, 6.45) is 2.10. The molecule has 3 nitrogen and oxygen atoms in total. The van der Waals surface area contributed by atoms with Crippen LogP contribution in [0.15, 0.2) is 24.3 Å². The van der Waals surface area contributed by atoms with Crippen LogP contribution in [-0.2, 0) is 0 Å². The van der Waals surface area contributed by atoms with E-state index in [4.69, 9.17) is 16.2 Å². The first-order valence-electron chi connectivity index (χ1n) is 5.85. The third-order valence-corrected chi connectivity index (χ3v) is 2.40. The zero-order valence-electron chi connectivity index (χ0n) is 10.1. The highest BCUT2D eigenvalue weighted by molar-refractivity contribution is 5.29. The molecule has 0 fully saturated rings. The molecule has 0 saturated carbocycles. The smallest absolute Gasteiger partial charge is 0.119 e. The zero-order chi connectivity index (χ0) is 12.0. The number of ether oxygens (including phenoxy) is 1. The molecule has 3 heteroatoms. The van der Waals surface area contributed by atoms with Crippen molar-refractivity contribution in [2.45, 2.75) is 38.8 Å². The van der Waals surface area contributed by atoms with Gasteiger partial charge >= 0.3 is 0 Å². The van der Waals surface area contributed by atoms with Crippen LogP contribution >= 0.6 is 0 Å². The first-order valence-corrected chi connectivity index (χ1v) is 5.85. The van der Waals surface area contributed by atoms with Crippen molar-refractivity contribution in [3.63, 3.8) is 0 Å². The molecule has 0 amide bonds. The Morgan fingerprint density at radius 1 is 1.19 bits per heavy atom. The van der Waals surface area contributed by atoms with Gasteiger partial charge in [0, 0.05) is 6.04 Å². The van der Waals surface area contributed by atoms with Crippen LogP contribution in [0.3, 0.4) is 0 Å². The molecule has 1 atom stereocenters. The molecule has 1 aromatic carbocycles. The molecule has 1 rings (SSSR count). The van der Waals surface area contributed by atoms with Gasteiger partial charge in [0.1, 0.15) is 5.75 Å². The molecule has 0 unspecified atom stereocenters. The van der Waals surface area contributed by atoms with Crippen molar-refractivity contribution >= 4 is 0 Å². The highest BCUT2D eigenvalue weighted by Crippen LogP contribution is 2.19. The molecule has 0 aliphatic carbocycles. The summed E-state index contributed by atoms with van der Waals surface area (Å²) in [7, 11) is 0. The maximum absolute atomic E-state index is 6.04. The molecule has 0 heterocycles. The summed E-state index contributed by atoms with van der Waals surface area (Å²) in [6, 6.07) is 8.07.